The van der Waals surface area contributed by atoms with Gasteiger partial charge in [-0.15, -0.1) is 0 Å². The van der Waals surface area contributed by atoms with Crippen molar-refractivity contribution in [2.24, 2.45) is 0 Å². The van der Waals surface area contributed by atoms with E-state index in [4.69, 9.17) is 19.7 Å². The van der Waals surface area contributed by atoms with Crippen LogP contribution in [0.2, 0.25) is 0 Å². The summed E-state index contributed by atoms with van der Waals surface area (Å²) in [5, 5.41) is 18.5. The summed E-state index contributed by atoms with van der Waals surface area (Å²) in [7, 11) is 1.62. The van der Waals surface area contributed by atoms with E-state index in [2.05, 4.69) is 4.98 Å². The van der Waals surface area contributed by atoms with E-state index in [9.17, 15) is 14.3 Å². The Kier molecular flexibility index (Phi) is 7.34. The summed E-state index contributed by atoms with van der Waals surface area (Å²) in [6.45, 7) is 0.354. The van der Waals surface area contributed by atoms with Gasteiger partial charge in [-0.3, -0.25) is 0 Å². The molecule has 0 amide bonds. The van der Waals surface area contributed by atoms with Crippen LogP contribution >= 0.6 is 0 Å². The Bertz CT molecular complexity index is 1910. The maximum absolute atomic E-state index is 15.6. The van der Waals surface area contributed by atoms with E-state index in [0.717, 1.165) is 18.9 Å². The molecule has 6 rings (SSSR count). The van der Waals surface area contributed by atoms with Crippen molar-refractivity contribution in [3.05, 3.63) is 113 Å². The molecule has 8 nitrogen and oxygen atoms in total. The molecule has 0 bridgehead atoms. The minimum atomic E-state index is -1.03. The van der Waals surface area contributed by atoms with Crippen LogP contribution in [0.1, 0.15) is 45.7 Å². The van der Waals surface area contributed by atoms with Crippen LogP contribution in [0.4, 0.5) is 8.78 Å². The third-order valence-corrected chi connectivity index (χ3v) is 7.66. The number of pyridine rings is 1. The van der Waals surface area contributed by atoms with Crippen molar-refractivity contribution < 1.29 is 28.2 Å². The zero-order valence-electron chi connectivity index (χ0n) is 23.2. The number of methoxy groups -OCH3 is 1. The minimum Gasteiger partial charge on any atom is -0.478 e. The summed E-state index contributed by atoms with van der Waals surface area (Å²) in [4.78, 5) is 20.9. The van der Waals surface area contributed by atoms with Crippen molar-refractivity contribution in [3.8, 4) is 23.2 Å². The van der Waals surface area contributed by atoms with E-state index in [1.165, 1.54) is 24.3 Å². The van der Waals surface area contributed by atoms with Crippen LogP contribution < -0.4 is 4.74 Å². The fraction of sp³-hybridized carbons (Fsp3) is 0.212. The third-order valence-electron chi connectivity index (χ3n) is 7.66. The smallest absolute Gasteiger partial charge is 0.335 e. The molecule has 216 valence electrons. The number of carboxylic acids is 1. The maximum atomic E-state index is 15.6. The monoisotopic (exact) mass is 580 g/mol. The van der Waals surface area contributed by atoms with E-state index < -0.39 is 17.6 Å². The van der Waals surface area contributed by atoms with Crippen molar-refractivity contribution in [2.45, 2.75) is 31.4 Å². The summed E-state index contributed by atoms with van der Waals surface area (Å²) in [6, 6.07) is 20.8. The number of rotatable bonds is 10. The molecule has 5 aromatic rings. The minimum absolute atomic E-state index is 0.0825. The molecule has 0 radical (unpaired) electrons. The topological polar surface area (TPSA) is 110 Å². The van der Waals surface area contributed by atoms with Gasteiger partial charge in [0.05, 0.1) is 46.1 Å². The average Bonchev–Trinajstić information content (AvgIpc) is 3.68. The number of aromatic nitrogens is 3. The van der Waals surface area contributed by atoms with Crippen molar-refractivity contribution in [1.82, 2.24) is 14.5 Å². The van der Waals surface area contributed by atoms with Crippen LogP contribution in [-0.4, -0.2) is 39.3 Å². The largest absolute Gasteiger partial charge is 0.478 e. The molecule has 0 atom stereocenters. The van der Waals surface area contributed by atoms with Crippen LogP contribution in [0.25, 0.3) is 22.3 Å². The van der Waals surface area contributed by atoms with Crippen molar-refractivity contribution >= 4 is 17.0 Å². The van der Waals surface area contributed by atoms with E-state index >= 15 is 4.39 Å². The number of nitriles is 1. The fourth-order valence-corrected chi connectivity index (χ4v) is 5.31. The lowest BCUT2D eigenvalue weighted by Gasteiger charge is -2.21. The van der Waals surface area contributed by atoms with Crippen LogP contribution in [0.5, 0.6) is 5.88 Å². The van der Waals surface area contributed by atoms with Gasteiger partial charge in [-0.2, -0.15) is 5.26 Å². The highest BCUT2D eigenvalue weighted by Gasteiger charge is 2.47. The van der Waals surface area contributed by atoms with E-state index in [1.54, 1.807) is 49.6 Å². The zero-order valence-corrected chi connectivity index (χ0v) is 23.2. The Balaban J connectivity index is 1.26. The average molecular weight is 581 g/mol. The van der Waals surface area contributed by atoms with Crippen LogP contribution in [0.15, 0.2) is 72.8 Å². The van der Waals surface area contributed by atoms with Crippen LogP contribution in [0, 0.1) is 23.0 Å². The van der Waals surface area contributed by atoms with Gasteiger partial charge >= 0.3 is 5.97 Å². The molecule has 1 aliphatic carbocycles. The number of hydrogen-bond donors (Lipinski definition) is 1. The molecule has 0 aliphatic heterocycles. The van der Waals surface area contributed by atoms with Gasteiger partial charge in [0.1, 0.15) is 24.1 Å². The summed E-state index contributed by atoms with van der Waals surface area (Å²) < 4.78 is 43.0. The number of imidazole rings is 1. The number of fused-ring (bicyclic) bond motifs is 1. The molecular weight excluding hydrogens is 554 g/mol. The van der Waals surface area contributed by atoms with E-state index in [-0.39, 0.29) is 41.1 Å². The Hall–Kier alpha value is -5.14. The third kappa shape index (κ3) is 5.55. The highest BCUT2D eigenvalue weighted by molar-refractivity contribution is 5.92. The first kappa shape index (κ1) is 28.0. The second kappa shape index (κ2) is 11.3. The van der Waals surface area contributed by atoms with Crippen LogP contribution in [0.3, 0.4) is 0 Å². The van der Waals surface area contributed by atoms with Gasteiger partial charge in [-0.25, -0.2) is 23.5 Å². The van der Waals surface area contributed by atoms with Crippen LogP contribution in [-0.2, 0) is 23.3 Å². The first-order valence-corrected chi connectivity index (χ1v) is 13.6. The fourth-order valence-electron chi connectivity index (χ4n) is 5.31. The normalized spacial score (nSPS) is 13.5. The van der Waals surface area contributed by atoms with Gasteiger partial charge in [0.25, 0.3) is 0 Å². The summed E-state index contributed by atoms with van der Waals surface area (Å²) in [5.74, 6) is -1.14. The molecule has 3 aromatic carbocycles. The number of carbonyl (C=O) groups is 1. The number of ether oxygens (including phenoxy) is 2. The van der Waals surface area contributed by atoms with Gasteiger partial charge in [-0.05, 0) is 60.9 Å². The first-order valence-electron chi connectivity index (χ1n) is 13.6. The lowest BCUT2D eigenvalue weighted by Crippen LogP contribution is -2.25. The lowest BCUT2D eigenvalue weighted by molar-refractivity contribution is 0.0697. The standard InChI is InChI=1S/C33H26F2N4O4/c1-42-19-33(11-12-33)39-29-15-23(32(40)41)9-10-28(29)37-30(39)16-21-7-8-22(14-26(21)35)27-3-2-4-31(38-27)43-18-24-6-5-20(17-36)13-25(24)34/h2-10,13-15H,11-12,16,18-19H2,1H3,(H,40,41). The summed E-state index contributed by atoms with van der Waals surface area (Å²) >= 11 is 0. The molecule has 2 aromatic heterocycles. The Labute approximate surface area is 245 Å². The molecule has 1 aliphatic rings. The molecule has 0 saturated heterocycles. The number of halogens is 2. The number of benzene rings is 3. The number of nitrogens with zero attached hydrogens (tertiary/aromatic N) is 4. The van der Waals surface area contributed by atoms with Crippen molar-refractivity contribution in [3.63, 3.8) is 0 Å². The Morgan fingerprint density at radius 1 is 1.02 bits per heavy atom. The molecular formula is C33H26F2N4O4. The quantitative estimate of drug-likeness (QED) is 0.208. The van der Waals surface area contributed by atoms with Gasteiger partial charge in [0.2, 0.25) is 5.88 Å². The summed E-state index contributed by atoms with van der Waals surface area (Å²) in [6.07, 6.45) is 1.89. The lowest BCUT2D eigenvalue weighted by atomic mass is 10.0. The maximum Gasteiger partial charge on any atom is 0.335 e. The predicted octanol–water partition coefficient (Wildman–Crippen LogP) is 6.25. The summed E-state index contributed by atoms with van der Waals surface area (Å²) in [5.41, 5.74) is 3.08. The highest BCUT2D eigenvalue weighted by Crippen LogP contribution is 2.47. The number of hydrogen-bond acceptors (Lipinski definition) is 6. The molecule has 0 unspecified atom stereocenters. The van der Waals surface area contributed by atoms with E-state index in [0.29, 0.717) is 40.3 Å². The number of aromatic carboxylic acids is 1. The molecule has 0 spiro atoms. The second-order valence-corrected chi connectivity index (χ2v) is 10.6. The molecule has 1 N–H and O–H groups in total. The van der Waals surface area contributed by atoms with Crippen molar-refractivity contribution in [2.75, 3.05) is 13.7 Å². The van der Waals surface area contributed by atoms with Crippen molar-refractivity contribution in [1.29, 1.82) is 5.26 Å². The molecule has 1 fully saturated rings. The Morgan fingerprint density at radius 2 is 1.81 bits per heavy atom. The Morgan fingerprint density at radius 3 is 2.51 bits per heavy atom. The second-order valence-electron chi connectivity index (χ2n) is 10.6. The molecule has 10 heteroatoms. The number of carboxylic acid groups (broad SMARTS) is 1. The van der Waals surface area contributed by atoms with Gasteiger partial charge in [0, 0.05) is 30.7 Å². The predicted molar refractivity (Wildman–Crippen MR) is 154 cm³/mol. The van der Waals surface area contributed by atoms with Gasteiger partial charge in [-0.1, -0.05) is 24.3 Å². The van der Waals surface area contributed by atoms with Gasteiger partial charge in [0.15, 0.2) is 0 Å². The molecule has 43 heavy (non-hydrogen) atoms. The first-order chi connectivity index (χ1) is 20.8. The van der Waals surface area contributed by atoms with Gasteiger partial charge < -0.3 is 19.1 Å². The zero-order chi connectivity index (χ0) is 30.1. The molecule has 1 saturated carbocycles. The SMILES string of the molecule is COCC1(n2c(Cc3ccc(-c4cccc(OCc5ccc(C#N)cc5F)n4)cc3F)nc3ccc(C(=O)O)cc32)CC1. The van der Waals surface area contributed by atoms with E-state index in [1.807, 2.05) is 10.6 Å². The molecule has 2 heterocycles. The highest BCUT2D eigenvalue weighted by atomic mass is 19.1.